The molecule has 0 radical (unpaired) electrons. The summed E-state index contributed by atoms with van der Waals surface area (Å²) < 4.78 is 13.2. The lowest BCUT2D eigenvalue weighted by Crippen LogP contribution is -2.43. The normalized spacial score (nSPS) is 15.3. The Kier molecular flexibility index (Phi) is 6.01. The Bertz CT molecular complexity index is 1120. The maximum Gasteiger partial charge on any atom is 0.254 e. The largest absolute Gasteiger partial charge is 0.339 e. The quantitative estimate of drug-likeness (QED) is 0.543. The molecule has 156 valence electrons. The summed E-state index contributed by atoms with van der Waals surface area (Å²) in [6.45, 7) is 0.964. The van der Waals surface area contributed by atoms with Gasteiger partial charge in [-0.3, -0.25) is 9.78 Å². The summed E-state index contributed by atoms with van der Waals surface area (Å²) in [5.74, 6) is -0.385. The van der Waals surface area contributed by atoms with E-state index < -0.39 is 5.41 Å². The molecule has 1 saturated heterocycles. The SMILES string of the molecule is N#CC1(Cc2ccc(F)cc2)CCN(C(=O)c2cc(Cl)ccc2-c2ccncc2)CC1. The van der Waals surface area contributed by atoms with E-state index in [0.29, 0.717) is 42.9 Å². The molecular formula is C25H21ClFN3O. The van der Waals surface area contributed by atoms with E-state index in [0.717, 1.165) is 16.7 Å². The van der Waals surface area contributed by atoms with Crippen LogP contribution in [0.5, 0.6) is 0 Å². The van der Waals surface area contributed by atoms with Crippen molar-refractivity contribution in [3.8, 4) is 17.2 Å². The summed E-state index contributed by atoms with van der Waals surface area (Å²) in [5, 5.41) is 10.4. The number of pyridine rings is 1. The first-order valence-corrected chi connectivity index (χ1v) is 10.5. The van der Waals surface area contributed by atoms with E-state index >= 15 is 0 Å². The van der Waals surface area contributed by atoms with Gasteiger partial charge < -0.3 is 4.90 Å². The van der Waals surface area contributed by atoms with Gasteiger partial charge in [0.15, 0.2) is 0 Å². The molecular weight excluding hydrogens is 413 g/mol. The topological polar surface area (TPSA) is 57.0 Å². The van der Waals surface area contributed by atoms with Gasteiger partial charge in [0.25, 0.3) is 5.91 Å². The standard InChI is InChI=1S/C25H21ClFN3O/c26-20-3-6-22(19-7-11-29-12-8-19)23(15-20)24(31)30-13-9-25(17-28,10-14-30)16-18-1-4-21(27)5-2-18/h1-8,11-12,15H,9-10,13-14,16H2. The van der Waals surface area contributed by atoms with Crippen LogP contribution >= 0.6 is 11.6 Å². The van der Waals surface area contributed by atoms with Crippen molar-refractivity contribution in [1.82, 2.24) is 9.88 Å². The van der Waals surface area contributed by atoms with Crippen molar-refractivity contribution in [2.45, 2.75) is 19.3 Å². The third kappa shape index (κ3) is 4.60. The number of nitriles is 1. The van der Waals surface area contributed by atoms with Crippen LogP contribution in [0.1, 0.15) is 28.8 Å². The fourth-order valence-corrected chi connectivity index (χ4v) is 4.28. The number of carbonyl (C=O) groups excluding carboxylic acids is 1. The van der Waals surface area contributed by atoms with Crippen LogP contribution in [0, 0.1) is 22.6 Å². The second kappa shape index (κ2) is 8.87. The lowest BCUT2D eigenvalue weighted by atomic mass is 9.75. The smallest absolute Gasteiger partial charge is 0.254 e. The highest BCUT2D eigenvalue weighted by atomic mass is 35.5. The average Bonchev–Trinajstić information content (AvgIpc) is 2.81. The van der Waals surface area contributed by atoms with E-state index in [4.69, 9.17) is 11.6 Å². The van der Waals surface area contributed by atoms with Gasteiger partial charge in [0.05, 0.1) is 11.5 Å². The molecule has 2 heterocycles. The Balaban J connectivity index is 1.53. The Morgan fingerprint density at radius 2 is 1.77 bits per heavy atom. The third-order valence-corrected chi connectivity index (χ3v) is 6.14. The van der Waals surface area contributed by atoms with Gasteiger partial charge in [-0.15, -0.1) is 0 Å². The molecule has 1 aliphatic rings. The zero-order chi connectivity index (χ0) is 21.8. The van der Waals surface area contributed by atoms with Gasteiger partial charge in [-0.1, -0.05) is 29.8 Å². The number of benzene rings is 2. The second-order valence-corrected chi connectivity index (χ2v) is 8.35. The fraction of sp³-hybridized carbons (Fsp3) is 0.240. The minimum absolute atomic E-state index is 0.0948. The molecule has 2 aromatic carbocycles. The predicted octanol–water partition coefficient (Wildman–Crippen LogP) is 5.53. The van der Waals surface area contributed by atoms with Gasteiger partial charge in [-0.2, -0.15) is 5.26 Å². The molecule has 0 aliphatic carbocycles. The van der Waals surface area contributed by atoms with Crippen LogP contribution in [-0.2, 0) is 6.42 Å². The number of likely N-dealkylation sites (tertiary alicyclic amines) is 1. The van der Waals surface area contributed by atoms with Gasteiger partial charge in [-0.25, -0.2) is 4.39 Å². The number of rotatable bonds is 4. The number of halogens is 2. The molecule has 1 aliphatic heterocycles. The zero-order valence-corrected chi connectivity index (χ0v) is 17.6. The van der Waals surface area contributed by atoms with Gasteiger partial charge >= 0.3 is 0 Å². The number of carbonyl (C=O) groups is 1. The number of nitrogens with zero attached hydrogens (tertiary/aromatic N) is 3. The maximum absolute atomic E-state index is 13.4. The summed E-state index contributed by atoms with van der Waals surface area (Å²) in [7, 11) is 0. The molecule has 0 N–H and O–H groups in total. The minimum Gasteiger partial charge on any atom is -0.339 e. The Labute approximate surface area is 185 Å². The number of amides is 1. The summed E-state index contributed by atoms with van der Waals surface area (Å²) in [4.78, 5) is 19.2. The Morgan fingerprint density at radius 1 is 1.10 bits per heavy atom. The van der Waals surface area contributed by atoms with E-state index in [2.05, 4.69) is 11.1 Å². The van der Waals surface area contributed by atoms with E-state index in [1.807, 2.05) is 18.2 Å². The zero-order valence-electron chi connectivity index (χ0n) is 16.9. The van der Waals surface area contributed by atoms with E-state index in [1.165, 1.54) is 12.1 Å². The van der Waals surface area contributed by atoms with Crippen molar-refractivity contribution >= 4 is 17.5 Å². The van der Waals surface area contributed by atoms with Gasteiger partial charge in [0.2, 0.25) is 0 Å². The van der Waals surface area contributed by atoms with Crippen molar-refractivity contribution in [2.75, 3.05) is 13.1 Å². The third-order valence-electron chi connectivity index (χ3n) is 5.90. The highest BCUT2D eigenvalue weighted by molar-refractivity contribution is 6.31. The fourth-order valence-electron chi connectivity index (χ4n) is 4.11. The molecule has 31 heavy (non-hydrogen) atoms. The molecule has 0 atom stereocenters. The molecule has 0 bridgehead atoms. The van der Waals surface area contributed by atoms with Gasteiger partial charge in [0, 0.05) is 36.1 Å². The maximum atomic E-state index is 13.4. The summed E-state index contributed by atoms with van der Waals surface area (Å²) >= 11 is 6.20. The predicted molar refractivity (Wildman–Crippen MR) is 118 cm³/mol. The lowest BCUT2D eigenvalue weighted by Gasteiger charge is -2.37. The minimum atomic E-state index is -0.559. The molecule has 1 aromatic heterocycles. The van der Waals surface area contributed by atoms with Crippen LogP contribution < -0.4 is 0 Å². The van der Waals surface area contributed by atoms with E-state index in [9.17, 15) is 14.4 Å². The average molecular weight is 434 g/mol. The highest BCUT2D eigenvalue weighted by Crippen LogP contribution is 2.36. The highest BCUT2D eigenvalue weighted by Gasteiger charge is 2.37. The molecule has 0 saturated carbocycles. The van der Waals surface area contributed by atoms with Crippen molar-refractivity contribution in [3.05, 3.63) is 89.0 Å². The van der Waals surface area contributed by atoms with Crippen molar-refractivity contribution in [2.24, 2.45) is 5.41 Å². The molecule has 0 unspecified atom stereocenters. The van der Waals surface area contributed by atoms with Crippen LogP contribution in [0.15, 0.2) is 67.0 Å². The number of hydrogen-bond acceptors (Lipinski definition) is 3. The summed E-state index contributed by atoms with van der Waals surface area (Å²) in [5.41, 5.74) is 2.62. The van der Waals surface area contributed by atoms with Crippen molar-refractivity contribution in [1.29, 1.82) is 5.26 Å². The van der Waals surface area contributed by atoms with Gasteiger partial charge in [-0.05, 0) is 72.4 Å². The first-order valence-electron chi connectivity index (χ1n) is 10.1. The van der Waals surface area contributed by atoms with Crippen LogP contribution in [-0.4, -0.2) is 28.9 Å². The monoisotopic (exact) mass is 433 g/mol. The number of piperidine rings is 1. The molecule has 0 spiro atoms. The van der Waals surface area contributed by atoms with Crippen LogP contribution in [0.2, 0.25) is 5.02 Å². The second-order valence-electron chi connectivity index (χ2n) is 7.91. The lowest BCUT2D eigenvalue weighted by molar-refractivity contribution is 0.0648. The van der Waals surface area contributed by atoms with E-state index in [1.54, 1.807) is 41.6 Å². The van der Waals surface area contributed by atoms with Crippen LogP contribution in [0.3, 0.4) is 0 Å². The van der Waals surface area contributed by atoms with Gasteiger partial charge in [0.1, 0.15) is 5.82 Å². The van der Waals surface area contributed by atoms with E-state index in [-0.39, 0.29) is 11.7 Å². The molecule has 1 fully saturated rings. The number of hydrogen-bond donors (Lipinski definition) is 0. The number of aromatic nitrogens is 1. The first-order chi connectivity index (χ1) is 15.0. The van der Waals surface area contributed by atoms with Crippen LogP contribution in [0.4, 0.5) is 4.39 Å². The molecule has 4 nitrogen and oxygen atoms in total. The summed E-state index contributed by atoms with van der Waals surface area (Å²) in [6.07, 6.45) is 5.06. The van der Waals surface area contributed by atoms with Crippen LogP contribution in [0.25, 0.3) is 11.1 Å². The molecule has 3 aromatic rings. The molecule has 4 rings (SSSR count). The van der Waals surface area contributed by atoms with Crippen molar-refractivity contribution < 1.29 is 9.18 Å². The molecule has 1 amide bonds. The Hall–Kier alpha value is -3.23. The molecule has 6 heteroatoms. The Morgan fingerprint density at radius 3 is 2.42 bits per heavy atom. The van der Waals surface area contributed by atoms with Crippen molar-refractivity contribution in [3.63, 3.8) is 0 Å². The first kappa shape index (κ1) is 21.0. The summed E-state index contributed by atoms with van der Waals surface area (Å²) in [6, 6.07) is 17.8.